The second-order valence-corrected chi connectivity index (χ2v) is 10.5. The summed E-state index contributed by atoms with van der Waals surface area (Å²) >= 11 is 0. The van der Waals surface area contributed by atoms with Crippen LogP contribution >= 0.6 is 0 Å². The van der Waals surface area contributed by atoms with Crippen molar-refractivity contribution in [2.75, 3.05) is 19.7 Å². The Morgan fingerprint density at radius 3 is 2.71 bits per heavy atom. The van der Waals surface area contributed by atoms with Gasteiger partial charge in [0, 0.05) is 18.0 Å². The van der Waals surface area contributed by atoms with Gasteiger partial charge in [-0.15, -0.1) is 0 Å². The molecular weight excluding hydrogens is 592 g/mol. The first-order chi connectivity index (χ1) is 21.5. The summed E-state index contributed by atoms with van der Waals surface area (Å²) in [7, 11) is 0. The number of halogens is 2. The van der Waals surface area contributed by atoms with Gasteiger partial charge in [-0.25, -0.2) is 23.4 Å². The molecule has 0 radical (unpaired) electrons. The van der Waals surface area contributed by atoms with Crippen molar-refractivity contribution in [1.29, 1.82) is 0 Å². The van der Waals surface area contributed by atoms with Gasteiger partial charge in [0.05, 0.1) is 17.6 Å². The summed E-state index contributed by atoms with van der Waals surface area (Å²) < 4.78 is 31.2. The van der Waals surface area contributed by atoms with Gasteiger partial charge in [-0.05, 0) is 43.0 Å². The zero-order chi connectivity index (χ0) is 32.5. The number of nitrogens with zero attached hydrogens (tertiary/aromatic N) is 2. The minimum absolute atomic E-state index is 0.00968. The molecule has 0 aliphatic carbocycles. The number of nitrogens with one attached hydrogen (secondary N) is 3. The molecular formula is C31H33F2N5O7. The predicted molar refractivity (Wildman–Crippen MR) is 160 cm³/mol. The van der Waals surface area contributed by atoms with Gasteiger partial charge in [0.25, 0.3) is 5.56 Å². The van der Waals surface area contributed by atoms with E-state index in [1.165, 1.54) is 4.90 Å². The number of rotatable bonds is 12. The van der Waals surface area contributed by atoms with Gasteiger partial charge >= 0.3 is 12.1 Å². The Morgan fingerprint density at radius 2 is 1.96 bits per heavy atom. The number of benzene rings is 2. The van der Waals surface area contributed by atoms with Gasteiger partial charge in [-0.3, -0.25) is 14.4 Å². The molecule has 1 saturated heterocycles. The van der Waals surface area contributed by atoms with Crippen molar-refractivity contribution in [3.8, 4) is 11.3 Å². The predicted octanol–water partition coefficient (Wildman–Crippen LogP) is 3.18. The fourth-order valence-corrected chi connectivity index (χ4v) is 4.91. The molecule has 0 spiro atoms. The third kappa shape index (κ3) is 8.49. The Hall–Kier alpha value is -5.14. The van der Waals surface area contributed by atoms with Crippen molar-refractivity contribution in [2.45, 2.75) is 44.7 Å². The number of fused-ring (bicyclic) bond motifs is 1. The zero-order valence-corrected chi connectivity index (χ0v) is 24.4. The largest absolute Gasteiger partial charge is 0.480 e. The number of H-pyrrole nitrogens is 1. The van der Waals surface area contributed by atoms with E-state index in [1.807, 2.05) is 30.3 Å². The Balaban J connectivity index is 1.22. The first-order valence-corrected chi connectivity index (χ1v) is 14.3. The van der Waals surface area contributed by atoms with Gasteiger partial charge in [0.2, 0.25) is 18.2 Å². The smallest absolute Gasteiger partial charge is 0.407 e. The molecule has 238 valence electrons. The molecule has 45 heavy (non-hydrogen) atoms. The number of aliphatic carboxylic acids is 1. The Labute approximate surface area is 256 Å². The Kier molecular flexibility index (Phi) is 11.0. The number of aromatic amines is 1. The SMILES string of the molecule is CC(C(F)F)C(NC(=O)C1CCCN1C(=O)CNC(=O)OCC/C=C/c1cccc(-c2nc3ccccc3[nH]c2=O)c1)C(=O)O. The van der Waals surface area contributed by atoms with Crippen LogP contribution < -0.4 is 16.2 Å². The number of carboxylic acids is 1. The monoisotopic (exact) mass is 625 g/mol. The first-order valence-electron chi connectivity index (χ1n) is 14.3. The first kappa shape index (κ1) is 32.8. The average Bonchev–Trinajstić information content (AvgIpc) is 3.52. The number of aromatic nitrogens is 2. The van der Waals surface area contributed by atoms with Crippen LogP contribution in [0.2, 0.25) is 0 Å². The topological polar surface area (TPSA) is 171 Å². The average molecular weight is 626 g/mol. The maximum Gasteiger partial charge on any atom is 0.407 e. The molecule has 1 aliphatic heterocycles. The van der Waals surface area contributed by atoms with E-state index in [4.69, 9.17) is 4.74 Å². The summed E-state index contributed by atoms with van der Waals surface area (Å²) in [6.07, 6.45) is 0.799. The van der Waals surface area contributed by atoms with Crippen molar-refractivity contribution in [1.82, 2.24) is 25.5 Å². The number of hydrogen-bond donors (Lipinski definition) is 4. The highest BCUT2D eigenvalue weighted by Gasteiger charge is 2.38. The van der Waals surface area contributed by atoms with E-state index in [0.29, 0.717) is 35.1 Å². The van der Waals surface area contributed by atoms with E-state index in [2.05, 4.69) is 20.6 Å². The van der Waals surface area contributed by atoms with E-state index in [9.17, 15) is 37.9 Å². The van der Waals surface area contributed by atoms with Crippen LogP contribution in [-0.4, -0.2) is 82.1 Å². The second-order valence-electron chi connectivity index (χ2n) is 10.5. The summed E-state index contributed by atoms with van der Waals surface area (Å²) in [5.74, 6) is -4.68. The summed E-state index contributed by atoms with van der Waals surface area (Å²) in [6.45, 7) is 0.740. The fourth-order valence-electron chi connectivity index (χ4n) is 4.91. The van der Waals surface area contributed by atoms with Crippen LogP contribution in [0.25, 0.3) is 28.4 Å². The number of alkyl halides is 2. The van der Waals surface area contributed by atoms with Crippen molar-refractivity contribution >= 4 is 41.0 Å². The lowest BCUT2D eigenvalue weighted by molar-refractivity contribution is -0.146. The molecule has 3 atom stereocenters. The molecule has 2 heterocycles. The lowest BCUT2D eigenvalue weighted by Crippen LogP contribution is -2.54. The molecule has 1 aliphatic rings. The number of para-hydroxylation sites is 2. The van der Waals surface area contributed by atoms with Gasteiger partial charge in [-0.2, -0.15) is 0 Å². The normalized spacial score (nSPS) is 16.1. The summed E-state index contributed by atoms with van der Waals surface area (Å²) in [4.78, 5) is 69.9. The van der Waals surface area contributed by atoms with Crippen molar-refractivity contribution in [3.63, 3.8) is 0 Å². The number of alkyl carbamates (subject to hydrolysis) is 1. The Morgan fingerprint density at radius 1 is 1.18 bits per heavy atom. The van der Waals surface area contributed by atoms with Crippen molar-refractivity contribution in [2.24, 2.45) is 5.92 Å². The maximum atomic E-state index is 13.0. The molecule has 1 aromatic heterocycles. The molecule has 0 saturated carbocycles. The molecule has 14 heteroatoms. The number of likely N-dealkylation sites (tertiary alicyclic amines) is 1. The molecule has 1 fully saturated rings. The minimum Gasteiger partial charge on any atom is -0.480 e. The van der Waals surface area contributed by atoms with Crippen LogP contribution in [0, 0.1) is 5.92 Å². The lowest BCUT2D eigenvalue weighted by atomic mass is 10.0. The summed E-state index contributed by atoms with van der Waals surface area (Å²) in [5, 5.41) is 13.7. The van der Waals surface area contributed by atoms with Crippen LogP contribution in [0.4, 0.5) is 13.6 Å². The van der Waals surface area contributed by atoms with Crippen molar-refractivity contribution in [3.05, 3.63) is 70.5 Å². The second kappa shape index (κ2) is 15.0. The van der Waals surface area contributed by atoms with E-state index < -0.39 is 54.8 Å². The van der Waals surface area contributed by atoms with Gasteiger partial charge in [-0.1, -0.05) is 49.4 Å². The molecule has 3 unspecified atom stereocenters. The molecule has 3 amide bonds. The fraction of sp³-hybridized carbons (Fsp3) is 0.355. The van der Waals surface area contributed by atoms with Crippen LogP contribution in [0.5, 0.6) is 0 Å². The third-order valence-electron chi connectivity index (χ3n) is 7.33. The Bertz CT molecular complexity index is 1640. The summed E-state index contributed by atoms with van der Waals surface area (Å²) in [6, 6.07) is 11.6. The molecule has 2 aromatic carbocycles. The van der Waals surface area contributed by atoms with Gasteiger partial charge in [0.15, 0.2) is 0 Å². The number of hydrogen-bond acceptors (Lipinski definition) is 7. The number of carbonyl (C=O) groups excluding carboxylic acids is 3. The quantitative estimate of drug-likeness (QED) is 0.222. The van der Waals surface area contributed by atoms with Crippen LogP contribution in [0.15, 0.2) is 59.4 Å². The molecule has 4 N–H and O–H groups in total. The molecule has 12 nitrogen and oxygen atoms in total. The highest BCUT2D eigenvalue weighted by Crippen LogP contribution is 2.20. The lowest BCUT2D eigenvalue weighted by Gasteiger charge is -2.27. The molecule has 0 bridgehead atoms. The molecule has 3 aromatic rings. The number of ether oxygens (including phenoxy) is 1. The summed E-state index contributed by atoms with van der Waals surface area (Å²) in [5.41, 5.74) is 2.76. The molecule has 4 rings (SSSR count). The van der Waals surface area contributed by atoms with Gasteiger partial charge < -0.3 is 30.4 Å². The van der Waals surface area contributed by atoms with Crippen molar-refractivity contribution < 1.29 is 37.8 Å². The highest BCUT2D eigenvalue weighted by molar-refractivity contribution is 5.92. The number of amides is 3. The van der Waals surface area contributed by atoms with E-state index in [-0.39, 0.29) is 25.1 Å². The van der Waals surface area contributed by atoms with Gasteiger partial charge in [0.1, 0.15) is 24.3 Å². The van der Waals surface area contributed by atoms with Crippen LogP contribution in [0.1, 0.15) is 31.7 Å². The van der Waals surface area contributed by atoms with E-state index in [0.717, 1.165) is 12.5 Å². The number of carboxylic acid groups (broad SMARTS) is 1. The third-order valence-corrected chi connectivity index (χ3v) is 7.33. The highest BCUT2D eigenvalue weighted by atomic mass is 19.3. The number of carbonyl (C=O) groups is 4. The maximum absolute atomic E-state index is 13.0. The zero-order valence-electron chi connectivity index (χ0n) is 24.4. The van der Waals surface area contributed by atoms with Crippen LogP contribution in [-0.2, 0) is 19.1 Å². The minimum atomic E-state index is -2.96. The van der Waals surface area contributed by atoms with Crippen LogP contribution in [0.3, 0.4) is 0 Å². The van der Waals surface area contributed by atoms with E-state index >= 15 is 0 Å². The van der Waals surface area contributed by atoms with E-state index in [1.54, 1.807) is 30.4 Å². The standard InChI is InChI=1S/C31H33F2N5O7/c1-18(27(32)33)25(30(42)43)37-28(40)23-13-7-14-38(23)24(39)17-34-31(44)45-15-5-4-8-19-9-6-10-20(16-19)26-29(41)36-22-12-3-2-11-21(22)35-26/h2-4,6,8-12,16,18,23,25,27H,5,7,13-15,17H2,1H3,(H,34,44)(H,36,41)(H,37,40)(H,42,43)/b8-4+.